The van der Waals surface area contributed by atoms with Gasteiger partial charge in [0.2, 0.25) is 5.69 Å². The fourth-order valence-electron chi connectivity index (χ4n) is 4.88. The van der Waals surface area contributed by atoms with Gasteiger partial charge in [0, 0.05) is 62.7 Å². The zero-order chi connectivity index (χ0) is 44.7. The minimum Gasteiger partial charge on any atom is -0.444 e. The Morgan fingerprint density at radius 2 is 1.30 bits per heavy atom. The summed E-state index contributed by atoms with van der Waals surface area (Å²) in [5.41, 5.74) is 10.7. The van der Waals surface area contributed by atoms with E-state index >= 15 is 0 Å². The van der Waals surface area contributed by atoms with Gasteiger partial charge in [-0.3, -0.25) is 20.6 Å². The van der Waals surface area contributed by atoms with Gasteiger partial charge in [-0.05, 0) is 150 Å². The number of hydrogen-bond donors (Lipinski definition) is 4. The van der Waals surface area contributed by atoms with Crippen molar-refractivity contribution in [1.29, 1.82) is 5.26 Å². The number of nitrogens with zero attached hydrogens (tertiary/aromatic N) is 8. The monoisotopic (exact) mass is 932 g/mol. The second-order valence-corrected chi connectivity index (χ2v) is 16.2. The molecule has 0 spiro atoms. The Hall–Kier alpha value is -7.25. The van der Waals surface area contributed by atoms with Gasteiger partial charge in [0.1, 0.15) is 28.7 Å². The Morgan fingerprint density at radius 1 is 0.770 bits per heavy atom. The lowest BCUT2D eigenvalue weighted by Crippen LogP contribution is -2.27. The number of halogens is 1. The van der Waals surface area contributed by atoms with Crippen molar-refractivity contribution in [2.24, 2.45) is 0 Å². The molecule has 0 aliphatic carbocycles. The van der Waals surface area contributed by atoms with Crippen LogP contribution in [0, 0.1) is 35.3 Å². The molecule has 16 nitrogen and oxygen atoms in total. The maximum absolute atomic E-state index is 12.0. The van der Waals surface area contributed by atoms with E-state index in [2.05, 4.69) is 79.4 Å². The number of aromatic nitrogens is 6. The molecule has 17 heteroatoms. The fourth-order valence-corrected chi connectivity index (χ4v) is 5.21. The Bertz CT molecular complexity index is 2550. The molecule has 0 fully saturated rings. The molecule has 0 saturated heterocycles. The molecular formula is C44H45IN12O4. The molecule has 312 valence electrons. The van der Waals surface area contributed by atoms with Crippen LogP contribution in [0.2, 0.25) is 0 Å². The molecule has 5 N–H and O–H groups in total. The van der Waals surface area contributed by atoms with E-state index in [1.54, 1.807) is 69.8 Å². The van der Waals surface area contributed by atoms with Crippen LogP contribution >= 0.6 is 22.6 Å². The number of aryl methyl sites for hydroxylation is 2. The molecule has 0 bridgehead atoms. The normalized spacial score (nSPS) is 10.5. The molecule has 4 heterocycles. The van der Waals surface area contributed by atoms with Crippen LogP contribution in [0.4, 0.5) is 44.0 Å². The number of carbonyl (C=O) groups is 2. The Labute approximate surface area is 368 Å². The van der Waals surface area contributed by atoms with E-state index in [9.17, 15) is 14.9 Å². The number of rotatable bonds is 6. The topological polar surface area (TPSA) is 220 Å². The summed E-state index contributed by atoms with van der Waals surface area (Å²) in [6, 6.07) is 20.5. The number of pyridine rings is 2. The SMILES string of the molecule is Cc1cc(NC(=O)OC(C)(C)C)ccc1I.Cc1cc(NC(=O)OC(C)(C)C)ccc1Nc1nc(-c2cccnc2)ncc1C#N.[C-]#[N+]c1cnc(-c2cccnc2)nc1N. The Balaban J connectivity index is 0.000000222. The summed E-state index contributed by atoms with van der Waals surface area (Å²) in [5, 5.41) is 18.0. The summed E-state index contributed by atoms with van der Waals surface area (Å²) >= 11 is 2.25. The largest absolute Gasteiger partial charge is 0.444 e. The molecule has 0 aliphatic heterocycles. The highest BCUT2D eigenvalue weighted by molar-refractivity contribution is 14.1. The first-order chi connectivity index (χ1) is 28.8. The van der Waals surface area contributed by atoms with Gasteiger partial charge in [0.15, 0.2) is 17.5 Å². The van der Waals surface area contributed by atoms with E-state index in [0.29, 0.717) is 28.7 Å². The van der Waals surface area contributed by atoms with Gasteiger partial charge >= 0.3 is 12.2 Å². The number of nitrogens with two attached hydrogens (primary N) is 1. The summed E-state index contributed by atoms with van der Waals surface area (Å²) in [4.78, 5) is 51.5. The fraction of sp³-hybridized carbons (Fsp3) is 0.227. The third kappa shape index (κ3) is 15.1. The summed E-state index contributed by atoms with van der Waals surface area (Å²) in [7, 11) is 0. The van der Waals surface area contributed by atoms with Crippen LogP contribution in [0.3, 0.4) is 0 Å². The van der Waals surface area contributed by atoms with Crippen molar-refractivity contribution >= 4 is 69.2 Å². The van der Waals surface area contributed by atoms with Crippen molar-refractivity contribution < 1.29 is 19.1 Å². The van der Waals surface area contributed by atoms with Crippen LogP contribution in [0.1, 0.15) is 58.2 Å². The predicted molar refractivity (Wildman–Crippen MR) is 244 cm³/mol. The summed E-state index contributed by atoms with van der Waals surface area (Å²) < 4.78 is 11.6. The van der Waals surface area contributed by atoms with Crippen molar-refractivity contribution in [3.8, 4) is 28.8 Å². The Morgan fingerprint density at radius 3 is 1.75 bits per heavy atom. The molecule has 6 rings (SSSR count). The van der Waals surface area contributed by atoms with Crippen molar-refractivity contribution in [3.05, 3.63) is 130 Å². The van der Waals surface area contributed by atoms with Crippen molar-refractivity contribution in [2.75, 3.05) is 21.7 Å². The lowest BCUT2D eigenvalue weighted by atomic mass is 10.1. The van der Waals surface area contributed by atoms with Gasteiger partial charge in [-0.25, -0.2) is 34.4 Å². The second kappa shape index (κ2) is 21.1. The zero-order valence-corrected chi connectivity index (χ0v) is 37.1. The van der Waals surface area contributed by atoms with Crippen LogP contribution in [0.15, 0.2) is 97.8 Å². The highest BCUT2D eigenvalue weighted by atomic mass is 127. The van der Waals surface area contributed by atoms with E-state index in [4.69, 9.17) is 21.8 Å². The molecular weight excluding hydrogens is 887 g/mol. The van der Waals surface area contributed by atoms with E-state index in [1.807, 2.05) is 71.0 Å². The van der Waals surface area contributed by atoms with Crippen molar-refractivity contribution in [1.82, 2.24) is 29.9 Å². The predicted octanol–water partition coefficient (Wildman–Crippen LogP) is 10.4. The van der Waals surface area contributed by atoms with E-state index in [-0.39, 0.29) is 11.5 Å². The lowest BCUT2D eigenvalue weighted by Gasteiger charge is -2.20. The van der Waals surface area contributed by atoms with E-state index in [0.717, 1.165) is 33.6 Å². The average Bonchev–Trinajstić information content (AvgIpc) is 3.20. The molecule has 0 unspecified atom stereocenters. The van der Waals surface area contributed by atoms with E-state index in [1.165, 1.54) is 16.0 Å². The van der Waals surface area contributed by atoms with Gasteiger partial charge in [-0.1, -0.05) is 0 Å². The minimum absolute atomic E-state index is 0.193. The number of ether oxygens (including phenoxy) is 2. The molecule has 4 aromatic heterocycles. The molecule has 6 aromatic rings. The standard InChI is InChI=1S/C22H22N6O2.C12H16INO2.C10H7N5/c1-14-10-17(26-21(29)30-22(2,3)4)7-8-18(14)27-20-16(11-23)13-25-19(28-20)15-6-5-9-24-12-15;1-8-7-9(5-6-10(8)13)14-11(15)16-12(2,3)4;1-12-8-6-14-10(15-9(8)11)7-3-2-4-13-5-7/h5-10,12-13H,1-4H3,(H,26,29)(H,25,27,28);5-7H,1-4H3,(H,14,15);2-6H,(H2,11,14,15). The van der Waals surface area contributed by atoms with Gasteiger partial charge in [0.25, 0.3) is 0 Å². The molecule has 0 atom stereocenters. The lowest BCUT2D eigenvalue weighted by molar-refractivity contribution is 0.0624. The molecule has 0 radical (unpaired) electrons. The number of carbonyl (C=O) groups excluding carboxylic acids is 2. The van der Waals surface area contributed by atoms with Crippen LogP contribution in [-0.2, 0) is 9.47 Å². The van der Waals surface area contributed by atoms with Gasteiger partial charge < -0.3 is 20.5 Å². The average molecular weight is 933 g/mol. The van der Waals surface area contributed by atoms with E-state index < -0.39 is 23.4 Å². The number of hydrogen-bond acceptors (Lipinski definition) is 13. The highest BCUT2D eigenvalue weighted by Crippen LogP contribution is 2.27. The number of benzene rings is 2. The van der Waals surface area contributed by atoms with Gasteiger partial charge in [0.05, 0.1) is 12.8 Å². The second-order valence-electron chi connectivity index (χ2n) is 15.0. The first-order valence-corrected chi connectivity index (χ1v) is 19.6. The quantitative estimate of drug-likeness (QED) is 0.0903. The Kier molecular flexibility index (Phi) is 16.1. The van der Waals surface area contributed by atoms with Crippen LogP contribution in [-0.4, -0.2) is 53.3 Å². The number of nitrogen functional groups attached to an aromatic ring is 1. The van der Waals surface area contributed by atoms with Gasteiger partial charge in [-0.2, -0.15) is 5.26 Å². The third-order valence-corrected chi connectivity index (χ3v) is 8.81. The molecule has 0 saturated carbocycles. The van der Waals surface area contributed by atoms with Crippen molar-refractivity contribution in [3.63, 3.8) is 0 Å². The van der Waals surface area contributed by atoms with Crippen LogP contribution in [0.5, 0.6) is 0 Å². The smallest absolute Gasteiger partial charge is 0.412 e. The first-order valence-electron chi connectivity index (χ1n) is 18.6. The van der Waals surface area contributed by atoms with Crippen LogP contribution < -0.4 is 21.7 Å². The highest BCUT2D eigenvalue weighted by Gasteiger charge is 2.18. The van der Waals surface area contributed by atoms with Gasteiger partial charge in [-0.15, -0.1) is 0 Å². The number of nitrogens with one attached hydrogen (secondary N) is 3. The molecule has 2 aromatic carbocycles. The maximum atomic E-state index is 12.0. The maximum Gasteiger partial charge on any atom is 0.412 e. The molecule has 61 heavy (non-hydrogen) atoms. The third-order valence-electron chi connectivity index (χ3n) is 7.60. The van der Waals surface area contributed by atoms with Crippen LogP contribution in [0.25, 0.3) is 27.6 Å². The number of anilines is 5. The summed E-state index contributed by atoms with van der Waals surface area (Å²) in [6.07, 6.45) is 8.59. The zero-order valence-electron chi connectivity index (χ0n) is 34.9. The first kappa shape index (κ1) is 46.4. The molecule has 2 amide bonds. The number of amides is 2. The summed E-state index contributed by atoms with van der Waals surface area (Å²) in [5.74, 6) is 1.53. The summed E-state index contributed by atoms with van der Waals surface area (Å²) in [6.45, 7) is 21.6. The minimum atomic E-state index is -0.576. The molecule has 0 aliphatic rings. The number of nitriles is 1. The van der Waals surface area contributed by atoms with Crippen molar-refractivity contribution in [2.45, 2.75) is 66.6 Å².